The van der Waals surface area contributed by atoms with E-state index < -0.39 is 0 Å². The largest absolute Gasteiger partial charge is 0.321 e. The van der Waals surface area contributed by atoms with Crippen molar-refractivity contribution in [3.63, 3.8) is 0 Å². The highest BCUT2D eigenvalue weighted by atomic mass is 14.6. The monoisotopic (exact) mass is 233 g/mol. The van der Waals surface area contributed by atoms with Gasteiger partial charge >= 0.3 is 0 Å². The molecule has 3 rings (SSSR count). The average Bonchev–Trinajstić information content (AvgIpc) is 2.43. The Bertz CT molecular complexity index is 728. The van der Waals surface area contributed by atoms with Crippen molar-refractivity contribution >= 4 is 21.5 Å². The van der Waals surface area contributed by atoms with E-state index in [1.54, 1.807) is 6.08 Å². The van der Waals surface area contributed by atoms with Crippen molar-refractivity contribution < 1.29 is 0 Å². The fourth-order valence-corrected chi connectivity index (χ4v) is 2.30. The van der Waals surface area contributed by atoms with Crippen LogP contribution in [0.3, 0.4) is 0 Å². The standard InChI is InChI=1S/C17H15N/c1-2-17(18)15-8-7-14-9-12-5-3-4-6-13(12)10-16(14)11-15/h2-11,17H,1,18H2/t17-/m0/s1. The maximum Gasteiger partial charge on any atom is 0.0478 e. The summed E-state index contributed by atoms with van der Waals surface area (Å²) < 4.78 is 0. The predicted molar refractivity (Wildman–Crippen MR) is 78.6 cm³/mol. The lowest BCUT2D eigenvalue weighted by atomic mass is 9.99. The minimum Gasteiger partial charge on any atom is -0.321 e. The molecule has 0 saturated carbocycles. The third-order valence-electron chi connectivity index (χ3n) is 3.37. The quantitative estimate of drug-likeness (QED) is 0.521. The number of benzene rings is 3. The lowest BCUT2D eigenvalue weighted by molar-refractivity contribution is 0.917. The van der Waals surface area contributed by atoms with E-state index in [2.05, 4.69) is 61.2 Å². The number of hydrogen-bond acceptors (Lipinski definition) is 1. The first-order valence-corrected chi connectivity index (χ1v) is 6.08. The third kappa shape index (κ3) is 1.79. The molecular formula is C17H15N. The number of fused-ring (bicyclic) bond motifs is 2. The van der Waals surface area contributed by atoms with Crippen LogP contribution in [0, 0.1) is 0 Å². The lowest BCUT2D eigenvalue weighted by Crippen LogP contribution is -2.05. The zero-order valence-electron chi connectivity index (χ0n) is 10.1. The molecule has 1 nitrogen and oxygen atoms in total. The fourth-order valence-electron chi connectivity index (χ4n) is 2.30. The first kappa shape index (κ1) is 11.0. The SMILES string of the molecule is C=C[C@H](N)c1ccc2cc3ccccc3cc2c1. The van der Waals surface area contributed by atoms with Gasteiger partial charge < -0.3 is 5.73 Å². The maximum atomic E-state index is 5.98. The topological polar surface area (TPSA) is 26.0 Å². The number of hydrogen-bond donors (Lipinski definition) is 1. The first-order chi connectivity index (χ1) is 8.78. The van der Waals surface area contributed by atoms with Gasteiger partial charge in [-0.15, -0.1) is 6.58 Å². The maximum absolute atomic E-state index is 5.98. The highest BCUT2D eigenvalue weighted by molar-refractivity contribution is 5.98. The second-order valence-electron chi connectivity index (χ2n) is 4.57. The van der Waals surface area contributed by atoms with Crippen molar-refractivity contribution in [1.29, 1.82) is 0 Å². The molecule has 0 amide bonds. The van der Waals surface area contributed by atoms with Gasteiger partial charge in [0, 0.05) is 6.04 Å². The lowest BCUT2D eigenvalue weighted by Gasteiger charge is -2.09. The molecule has 1 heteroatoms. The Labute approximate surface area is 107 Å². The Morgan fingerprint density at radius 3 is 2.11 bits per heavy atom. The minimum atomic E-state index is -0.0964. The first-order valence-electron chi connectivity index (χ1n) is 6.08. The highest BCUT2D eigenvalue weighted by Crippen LogP contribution is 2.25. The van der Waals surface area contributed by atoms with Crippen molar-refractivity contribution in [1.82, 2.24) is 0 Å². The summed E-state index contributed by atoms with van der Waals surface area (Å²) in [5, 5.41) is 5.00. The summed E-state index contributed by atoms with van der Waals surface area (Å²) in [5.74, 6) is 0. The predicted octanol–water partition coefficient (Wildman–Crippen LogP) is 4.18. The van der Waals surface area contributed by atoms with Crippen LogP contribution in [0.25, 0.3) is 21.5 Å². The Hall–Kier alpha value is -2.12. The molecule has 3 aromatic carbocycles. The van der Waals surface area contributed by atoms with Crippen LogP contribution in [-0.4, -0.2) is 0 Å². The molecule has 0 aliphatic carbocycles. The van der Waals surface area contributed by atoms with Crippen molar-refractivity contribution in [2.75, 3.05) is 0 Å². The van der Waals surface area contributed by atoms with Gasteiger partial charge in [0.1, 0.15) is 0 Å². The van der Waals surface area contributed by atoms with E-state index in [1.165, 1.54) is 21.5 Å². The average molecular weight is 233 g/mol. The van der Waals surface area contributed by atoms with Crippen LogP contribution in [0.2, 0.25) is 0 Å². The van der Waals surface area contributed by atoms with Crippen LogP contribution >= 0.6 is 0 Å². The van der Waals surface area contributed by atoms with Crippen LogP contribution in [0.15, 0.2) is 67.3 Å². The Kier molecular flexibility index (Phi) is 2.62. The van der Waals surface area contributed by atoms with Crippen molar-refractivity contribution in [3.8, 4) is 0 Å². The molecule has 0 heterocycles. The molecule has 2 N–H and O–H groups in total. The summed E-state index contributed by atoms with van der Waals surface area (Å²) in [6.45, 7) is 3.74. The molecule has 88 valence electrons. The summed E-state index contributed by atoms with van der Waals surface area (Å²) in [4.78, 5) is 0. The van der Waals surface area contributed by atoms with E-state index in [9.17, 15) is 0 Å². The highest BCUT2D eigenvalue weighted by Gasteiger charge is 2.03. The van der Waals surface area contributed by atoms with Gasteiger partial charge in [0.2, 0.25) is 0 Å². The van der Waals surface area contributed by atoms with E-state index in [0.29, 0.717) is 0 Å². The molecule has 0 fully saturated rings. The van der Waals surface area contributed by atoms with Gasteiger partial charge in [0.25, 0.3) is 0 Å². The smallest absolute Gasteiger partial charge is 0.0478 e. The summed E-state index contributed by atoms with van der Waals surface area (Å²) in [6.07, 6.45) is 1.77. The molecule has 0 spiro atoms. The molecule has 0 aromatic heterocycles. The summed E-state index contributed by atoms with van der Waals surface area (Å²) in [5.41, 5.74) is 7.08. The number of rotatable bonds is 2. The number of nitrogens with two attached hydrogens (primary N) is 1. The summed E-state index contributed by atoms with van der Waals surface area (Å²) in [7, 11) is 0. The molecule has 0 unspecified atom stereocenters. The van der Waals surface area contributed by atoms with Crippen LogP contribution in [0.4, 0.5) is 0 Å². The van der Waals surface area contributed by atoms with Crippen LogP contribution in [-0.2, 0) is 0 Å². The van der Waals surface area contributed by atoms with E-state index >= 15 is 0 Å². The Morgan fingerprint density at radius 2 is 1.44 bits per heavy atom. The van der Waals surface area contributed by atoms with Gasteiger partial charge in [0.05, 0.1) is 0 Å². The fraction of sp³-hybridized carbons (Fsp3) is 0.0588. The van der Waals surface area contributed by atoms with Crippen LogP contribution in [0.5, 0.6) is 0 Å². The van der Waals surface area contributed by atoms with Gasteiger partial charge in [-0.1, -0.05) is 42.5 Å². The zero-order valence-corrected chi connectivity index (χ0v) is 10.1. The van der Waals surface area contributed by atoms with E-state index in [-0.39, 0.29) is 6.04 Å². The summed E-state index contributed by atoms with van der Waals surface area (Å²) in [6, 6.07) is 19.1. The molecule has 3 aromatic rings. The van der Waals surface area contributed by atoms with Gasteiger partial charge in [-0.3, -0.25) is 0 Å². The molecule has 0 aliphatic rings. The summed E-state index contributed by atoms with van der Waals surface area (Å²) >= 11 is 0. The molecule has 18 heavy (non-hydrogen) atoms. The van der Waals surface area contributed by atoms with Gasteiger partial charge in [0.15, 0.2) is 0 Å². The van der Waals surface area contributed by atoms with Gasteiger partial charge in [-0.05, 0) is 45.3 Å². The third-order valence-corrected chi connectivity index (χ3v) is 3.37. The van der Waals surface area contributed by atoms with E-state index in [1.807, 2.05) is 0 Å². The Morgan fingerprint density at radius 1 is 0.833 bits per heavy atom. The molecular weight excluding hydrogens is 218 g/mol. The molecule has 1 atom stereocenters. The normalized spacial score (nSPS) is 12.7. The van der Waals surface area contributed by atoms with Gasteiger partial charge in [-0.2, -0.15) is 0 Å². The molecule has 0 bridgehead atoms. The van der Waals surface area contributed by atoms with Crippen molar-refractivity contribution in [2.24, 2.45) is 5.73 Å². The second-order valence-corrected chi connectivity index (χ2v) is 4.57. The Balaban J connectivity index is 2.27. The van der Waals surface area contributed by atoms with E-state index in [4.69, 9.17) is 5.73 Å². The zero-order chi connectivity index (χ0) is 12.5. The second kappa shape index (κ2) is 4.28. The molecule has 0 aliphatic heterocycles. The minimum absolute atomic E-state index is 0.0964. The molecule has 0 radical (unpaired) electrons. The van der Waals surface area contributed by atoms with Gasteiger partial charge in [-0.25, -0.2) is 0 Å². The van der Waals surface area contributed by atoms with Crippen LogP contribution in [0.1, 0.15) is 11.6 Å². The van der Waals surface area contributed by atoms with Crippen molar-refractivity contribution in [2.45, 2.75) is 6.04 Å². The van der Waals surface area contributed by atoms with Crippen molar-refractivity contribution in [3.05, 3.63) is 72.8 Å². The van der Waals surface area contributed by atoms with Crippen LogP contribution < -0.4 is 5.73 Å². The van der Waals surface area contributed by atoms with E-state index in [0.717, 1.165) is 5.56 Å². The molecule has 0 saturated heterocycles.